The average Bonchev–Trinajstić information content (AvgIpc) is 2.08. The zero-order chi connectivity index (χ0) is 14.3. The molecule has 0 saturated carbocycles. The van der Waals surface area contributed by atoms with E-state index in [1.165, 1.54) is 0 Å². The normalized spacial score (nSPS) is 35.3. The van der Waals surface area contributed by atoms with Gasteiger partial charge in [-0.15, -0.1) is 0 Å². The number of allylic oxidation sites excluding steroid dienone is 4. The molecule has 0 heterocycles. The van der Waals surface area contributed by atoms with Gasteiger partial charge < -0.3 is 10.2 Å². The Morgan fingerprint density at radius 2 is 1.26 bits per heavy atom. The molecule has 0 amide bonds. The third-order valence-corrected chi connectivity index (χ3v) is 4.23. The summed E-state index contributed by atoms with van der Waals surface area (Å²) in [7, 11) is 0. The number of rotatable bonds is 2. The molecular formula is C16H22O2S. The fraction of sp³-hybridized carbons (Fsp3) is 0.500. The van der Waals surface area contributed by atoms with Crippen molar-refractivity contribution in [2.24, 2.45) is 0 Å². The third kappa shape index (κ3) is 4.10. The molecule has 0 aromatic rings. The van der Waals surface area contributed by atoms with Gasteiger partial charge in [-0.1, -0.05) is 35.1 Å². The van der Waals surface area contributed by atoms with Crippen LogP contribution < -0.4 is 0 Å². The van der Waals surface area contributed by atoms with E-state index in [1.807, 2.05) is 39.8 Å². The molecule has 2 aliphatic rings. The lowest BCUT2D eigenvalue weighted by Gasteiger charge is -2.29. The first kappa shape index (κ1) is 14.6. The molecule has 0 saturated heterocycles. The van der Waals surface area contributed by atoms with Gasteiger partial charge in [-0.05, 0) is 49.7 Å². The molecule has 2 atom stereocenters. The molecular weight excluding hydrogens is 256 g/mol. The summed E-state index contributed by atoms with van der Waals surface area (Å²) in [5, 5.41) is 20.4. The Labute approximate surface area is 119 Å². The van der Waals surface area contributed by atoms with Crippen molar-refractivity contribution < 1.29 is 10.2 Å². The van der Waals surface area contributed by atoms with Crippen molar-refractivity contribution in [2.75, 3.05) is 0 Å². The van der Waals surface area contributed by atoms with E-state index in [-0.39, 0.29) is 0 Å². The highest BCUT2D eigenvalue weighted by molar-refractivity contribution is 8.06. The quantitative estimate of drug-likeness (QED) is 0.809. The fourth-order valence-corrected chi connectivity index (χ4v) is 4.34. The summed E-state index contributed by atoms with van der Waals surface area (Å²) in [6.07, 6.45) is 9.30. The molecule has 0 aliphatic heterocycles. The molecule has 19 heavy (non-hydrogen) atoms. The Morgan fingerprint density at radius 3 is 1.58 bits per heavy atom. The predicted octanol–water partition coefficient (Wildman–Crippen LogP) is 3.69. The van der Waals surface area contributed by atoms with Crippen LogP contribution in [0.15, 0.2) is 45.3 Å². The summed E-state index contributed by atoms with van der Waals surface area (Å²) in [4.78, 5) is 2.31. The minimum Gasteiger partial charge on any atom is -0.386 e. The van der Waals surface area contributed by atoms with E-state index in [4.69, 9.17) is 0 Å². The maximum Gasteiger partial charge on any atom is 0.0850 e. The summed E-state index contributed by atoms with van der Waals surface area (Å²) in [6.45, 7) is 7.68. The summed E-state index contributed by atoms with van der Waals surface area (Å²) < 4.78 is 0. The van der Waals surface area contributed by atoms with E-state index in [0.717, 1.165) is 21.0 Å². The zero-order valence-electron chi connectivity index (χ0n) is 12.0. The average molecular weight is 278 g/mol. The van der Waals surface area contributed by atoms with Crippen molar-refractivity contribution in [3.8, 4) is 0 Å². The smallest absolute Gasteiger partial charge is 0.0850 e. The first-order valence-corrected chi connectivity index (χ1v) is 7.40. The van der Waals surface area contributed by atoms with E-state index in [1.54, 1.807) is 11.8 Å². The van der Waals surface area contributed by atoms with Gasteiger partial charge in [-0.2, -0.15) is 0 Å². The van der Waals surface area contributed by atoms with Gasteiger partial charge in [-0.25, -0.2) is 0 Å². The van der Waals surface area contributed by atoms with Crippen LogP contribution in [0.5, 0.6) is 0 Å². The van der Waals surface area contributed by atoms with Gasteiger partial charge in [0, 0.05) is 12.8 Å². The summed E-state index contributed by atoms with van der Waals surface area (Å²) in [5.41, 5.74) is 0.663. The third-order valence-electron chi connectivity index (χ3n) is 3.18. The number of aliphatic hydroxyl groups is 2. The van der Waals surface area contributed by atoms with Gasteiger partial charge in [0.1, 0.15) is 0 Å². The van der Waals surface area contributed by atoms with Crippen molar-refractivity contribution in [1.29, 1.82) is 0 Å². The van der Waals surface area contributed by atoms with Crippen molar-refractivity contribution in [3.05, 3.63) is 45.3 Å². The molecule has 2 rings (SSSR count). The molecule has 2 N–H and O–H groups in total. The molecule has 3 heteroatoms. The lowest BCUT2D eigenvalue weighted by molar-refractivity contribution is 0.112. The predicted molar refractivity (Wildman–Crippen MR) is 81.8 cm³/mol. The van der Waals surface area contributed by atoms with Gasteiger partial charge in [0.15, 0.2) is 0 Å². The Morgan fingerprint density at radius 1 is 0.895 bits per heavy atom. The highest BCUT2D eigenvalue weighted by Crippen LogP contribution is 2.41. The van der Waals surface area contributed by atoms with Crippen LogP contribution in [0.1, 0.15) is 40.5 Å². The Bertz CT molecular complexity index is 459. The minimum atomic E-state index is -0.760. The molecule has 0 aromatic carbocycles. The lowest BCUT2D eigenvalue weighted by atomic mass is 9.94. The lowest BCUT2D eigenvalue weighted by Crippen LogP contribution is -2.25. The highest BCUT2D eigenvalue weighted by atomic mass is 32.2. The largest absolute Gasteiger partial charge is 0.386 e. The summed E-state index contributed by atoms with van der Waals surface area (Å²) >= 11 is 1.67. The van der Waals surface area contributed by atoms with Crippen molar-refractivity contribution in [3.63, 3.8) is 0 Å². The first-order valence-electron chi connectivity index (χ1n) is 6.58. The van der Waals surface area contributed by atoms with Gasteiger partial charge in [0.25, 0.3) is 0 Å². The summed E-state index contributed by atoms with van der Waals surface area (Å²) in [5.74, 6) is 0. The second kappa shape index (κ2) is 4.97. The number of thioether (sulfide) groups is 1. The van der Waals surface area contributed by atoms with Gasteiger partial charge in [0.2, 0.25) is 0 Å². The van der Waals surface area contributed by atoms with Crippen LogP contribution in [0.25, 0.3) is 0 Å². The van der Waals surface area contributed by atoms with E-state index in [0.29, 0.717) is 12.8 Å². The van der Waals surface area contributed by atoms with Crippen LogP contribution in [-0.2, 0) is 0 Å². The van der Waals surface area contributed by atoms with Crippen LogP contribution in [0, 0.1) is 0 Å². The minimum absolute atomic E-state index is 0.636. The van der Waals surface area contributed by atoms with Crippen LogP contribution in [0.2, 0.25) is 0 Å². The van der Waals surface area contributed by atoms with E-state index < -0.39 is 11.2 Å². The van der Waals surface area contributed by atoms with Gasteiger partial charge in [0.05, 0.1) is 11.2 Å². The molecule has 0 aromatic heterocycles. The molecule has 2 unspecified atom stereocenters. The number of hydrogen-bond acceptors (Lipinski definition) is 3. The van der Waals surface area contributed by atoms with Crippen molar-refractivity contribution in [2.45, 2.75) is 51.7 Å². The second-order valence-corrected chi connectivity index (χ2v) is 7.42. The van der Waals surface area contributed by atoms with E-state index in [2.05, 4.69) is 12.2 Å². The molecule has 2 nitrogen and oxygen atoms in total. The Hall–Kier alpha value is -0.770. The highest BCUT2D eigenvalue weighted by Gasteiger charge is 2.27. The van der Waals surface area contributed by atoms with Gasteiger partial charge in [-0.3, -0.25) is 0 Å². The van der Waals surface area contributed by atoms with Crippen LogP contribution in [0.3, 0.4) is 0 Å². The van der Waals surface area contributed by atoms with Crippen LogP contribution >= 0.6 is 11.8 Å². The van der Waals surface area contributed by atoms with Crippen molar-refractivity contribution in [1.82, 2.24) is 0 Å². The van der Waals surface area contributed by atoms with Gasteiger partial charge >= 0.3 is 0 Å². The Balaban J connectivity index is 2.15. The molecule has 0 fully saturated rings. The Kier molecular flexibility index (Phi) is 3.83. The zero-order valence-corrected chi connectivity index (χ0v) is 12.8. The maximum absolute atomic E-state index is 10.2. The molecule has 0 spiro atoms. The molecule has 104 valence electrons. The molecule has 0 radical (unpaired) electrons. The topological polar surface area (TPSA) is 40.5 Å². The summed E-state index contributed by atoms with van der Waals surface area (Å²) in [6, 6.07) is 0. The molecule has 2 aliphatic carbocycles. The van der Waals surface area contributed by atoms with Crippen LogP contribution in [-0.4, -0.2) is 21.4 Å². The second-order valence-electron chi connectivity index (χ2n) is 6.17. The maximum atomic E-state index is 10.2. The van der Waals surface area contributed by atoms with E-state index >= 15 is 0 Å². The monoisotopic (exact) mass is 278 g/mol. The van der Waals surface area contributed by atoms with Crippen LogP contribution in [0.4, 0.5) is 0 Å². The van der Waals surface area contributed by atoms with E-state index in [9.17, 15) is 10.2 Å². The molecule has 0 bridgehead atoms. The fourth-order valence-electron chi connectivity index (χ4n) is 2.78. The van der Waals surface area contributed by atoms with Crippen molar-refractivity contribution >= 4 is 11.8 Å². The SMILES string of the molecule is CC1=CC(C)(O)CC(SC2=CC(C)=CC(C)(O)C2)=C1. The number of hydrogen-bond donors (Lipinski definition) is 2. The standard InChI is InChI=1S/C16H22O2S/c1-11-5-13(9-15(3,17)7-11)19-14-6-12(2)8-16(4,18)10-14/h5-8,17-18H,9-10H2,1-4H3. The first-order chi connectivity index (χ1) is 8.65.